The smallest absolute Gasteiger partial charge is 0.311 e. The van der Waals surface area contributed by atoms with Crippen molar-refractivity contribution in [2.75, 3.05) is 19.7 Å². The van der Waals surface area contributed by atoms with Crippen LogP contribution < -0.4 is 4.74 Å². The van der Waals surface area contributed by atoms with Gasteiger partial charge in [-0.15, -0.1) is 0 Å². The minimum Gasteiger partial charge on any atom is -0.484 e. The molecule has 0 spiro atoms. The summed E-state index contributed by atoms with van der Waals surface area (Å²) in [6.07, 6.45) is 1.31. The third-order valence-corrected chi connectivity index (χ3v) is 3.67. The predicted octanol–water partition coefficient (Wildman–Crippen LogP) is 1.78. The van der Waals surface area contributed by atoms with Crippen LogP contribution in [0.2, 0.25) is 0 Å². The van der Waals surface area contributed by atoms with Crippen molar-refractivity contribution >= 4 is 11.9 Å². The summed E-state index contributed by atoms with van der Waals surface area (Å²) in [4.78, 5) is 24.9. The van der Waals surface area contributed by atoms with E-state index in [9.17, 15) is 14.7 Å². The molecule has 20 heavy (non-hydrogen) atoms. The van der Waals surface area contributed by atoms with Gasteiger partial charge in [-0.3, -0.25) is 9.59 Å². The summed E-state index contributed by atoms with van der Waals surface area (Å²) < 4.78 is 5.41. The Labute approximate surface area is 118 Å². The Morgan fingerprint density at radius 3 is 2.70 bits per heavy atom. The Hall–Kier alpha value is -2.04. The van der Waals surface area contributed by atoms with Gasteiger partial charge in [-0.05, 0) is 31.9 Å². The van der Waals surface area contributed by atoms with E-state index in [4.69, 9.17) is 4.74 Å². The zero-order valence-corrected chi connectivity index (χ0v) is 11.5. The molecule has 0 saturated carbocycles. The summed E-state index contributed by atoms with van der Waals surface area (Å²) in [5.41, 5.74) is -0.847. The highest BCUT2D eigenvalue weighted by Gasteiger charge is 2.39. The Balaban J connectivity index is 1.91. The molecule has 1 saturated heterocycles. The number of hydrogen-bond donors (Lipinski definition) is 1. The quantitative estimate of drug-likeness (QED) is 0.911. The van der Waals surface area contributed by atoms with Crippen molar-refractivity contribution in [3.05, 3.63) is 30.3 Å². The first kappa shape index (κ1) is 14.4. The van der Waals surface area contributed by atoms with Crippen LogP contribution in [0.5, 0.6) is 5.75 Å². The van der Waals surface area contributed by atoms with E-state index in [0.29, 0.717) is 25.1 Å². The van der Waals surface area contributed by atoms with Gasteiger partial charge in [0.1, 0.15) is 5.75 Å². The average molecular weight is 277 g/mol. The lowest BCUT2D eigenvalue weighted by Gasteiger charge is -2.37. The number of ether oxygens (including phenoxy) is 1. The minimum atomic E-state index is -0.848. The molecule has 5 nitrogen and oxygen atoms in total. The number of aliphatic carboxylic acids is 1. The number of piperidine rings is 1. The monoisotopic (exact) mass is 277 g/mol. The lowest BCUT2D eigenvalue weighted by Crippen LogP contribution is -2.49. The van der Waals surface area contributed by atoms with E-state index >= 15 is 0 Å². The van der Waals surface area contributed by atoms with Crippen molar-refractivity contribution in [1.82, 2.24) is 4.90 Å². The third-order valence-electron chi connectivity index (χ3n) is 3.67. The van der Waals surface area contributed by atoms with Crippen molar-refractivity contribution < 1.29 is 19.4 Å². The summed E-state index contributed by atoms with van der Waals surface area (Å²) in [5, 5.41) is 9.24. The van der Waals surface area contributed by atoms with Gasteiger partial charge in [-0.1, -0.05) is 18.2 Å². The van der Waals surface area contributed by atoms with Gasteiger partial charge in [-0.25, -0.2) is 0 Å². The van der Waals surface area contributed by atoms with Crippen molar-refractivity contribution in [3.8, 4) is 5.75 Å². The normalized spacial score (nSPS) is 22.4. The van der Waals surface area contributed by atoms with Gasteiger partial charge < -0.3 is 14.7 Å². The third kappa shape index (κ3) is 3.29. The maximum absolute atomic E-state index is 12.1. The molecule has 1 aromatic rings. The fourth-order valence-electron chi connectivity index (χ4n) is 2.38. The van der Waals surface area contributed by atoms with Crippen molar-refractivity contribution in [2.45, 2.75) is 19.8 Å². The minimum absolute atomic E-state index is 0.0558. The van der Waals surface area contributed by atoms with E-state index in [0.717, 1.165) is 0 Å². The first-order valence-corrected chi connectivity index (χ1v) is 6.70. The summed E-state index contributed by atoms with van der Waals surface area (Å²) in [6, 6.07) is 9.11. The van der Waals surface area contributed by atoms with Gasteiger partial charge in [0, 0.05) is 13.1 Å². The van der Waals surface area contributed by atoms with Crippen LogP contribution in [0.3, 0.4) is 0 Å². The van der Waals surface area contributed by atoms with Crippen LogP contribution in [-0.4, -0.2) is 41.6 Å². The number of carbonyl (C=O) groups excluding carboxylic acids is 1. The van der Waals surface area contributed by atoms with E-state index < -0.39 is 11.4 Å². The molecule has 1 heterocycles. The summed E-state index contributed by atoms with van der Waals surface area (Å²) in [7, 11) is 0. The fraction of sp³-hybridized carbons (Fsp3) is 0.467. The van der Waals surface area contributed by atoms with Crippen molar-refractivity contribution in [3.63, 3.8) is 0 Å². The largest absolute Gasteiger partial charge is 0.484 e. The number of para-hydroxylation sites is 1. The van der Waals surface area contributed by atoms with Gasteiger partial charge in [0.05, 0.1) is 5.41 Å². The molecule has 1 N–H and O–H groups in total. The summed E-state index contributed by atoms with van der Waals surface area (Å²) in [6.45, 7) is 2.48. The molecule has 1 atom stereocenters. The van der Waals surface area contributed by atoms with Gasteiger partial charge in [0.25, 0.3) is 5.91 Å². The lowest BCUT2D eigenvalue weighted by molar-refractivity contribution is -0.153. The highest BCUT2D eigenvalue weighted by atomic mass is 16.5. The molecule has 5 heteroatoms. The van der Waals surface area contributed by atoms with E-state index in [2.05, 4.69) is 0 Å². The van der Waals surface area contributed by atoms with E-state index in [1.807, 2.05) is 18.2 Å². The van der Waals surface area contributed by atoms with Crippen LogP contribution in [0.15, 0.2) is 30.3 Å². The fourth-order valence-corrected chi connectivity index (χ4v) is 2.38. The Kier molecular flexibility index (Phi) is 4.27. The molecule has 2 rings (SSSR count). The highest BCUT2D eigenvalue weighted by Crippen LogP contribution is 2.29. The molecule has 1 amide bonds. The van der Waals surface area contributed by atoms with Gasteiger partial charge in [0.15, 0.2) is 6.61 Å². The van der Waals surface area contributed by atoms with E-state index in [1.54, 1.807) is 24.0 Å². The Morgan fingerprint density at radius 1 is 1.35 bits per heavy atom. The molecule has 1 aliphatic heterocycles. The molecular weight excluding hydrogens is 258 g/mol. The molecule has 1 fully saturated rings. The second-order valence-corrected chi connectivity index (χ2v) is 5.39. The number of benzene rings is 1. The zero-order chi connectivity index (χ0) is 14.6. The summed E-state index contributed by atoms with van der Waals surface area (Å²) >= 11 is 0. The second-order valence-electron chi connectivity index (χ2n) is 5.39. The van der Waals surface area contributed by atoms with Crippen LogP contribution in [0, 0.1) is 5.41 Å². The molecule has 0 aliphatic carbocycles. The number of amides is 1. The number of carboxylic acids is 1. The molecule has 0 radical (unpaired) electrons. The van der Waals surface area contributed by atoms with Crippen molar-refractivity contribution in [1.29, 1.82) is 0 Å². The van der Waals surface area contributed by atoms with E-state index in [-0.39, 0.29) is 19.1 Å². The molecule has 0 aromatic heterocycles. The van der Waals surface area contributed by atoms with Crippen LogP contribution >= 0.6 is 0 Å². The number of hydrogen-bond acceptors (Lipinski definition) is 3. The average Bonchev–Trinajstić information content (AvgIpc) is 2.46. The SMILES string of the molecule is CC1(C(=O)O)CCCN(C(=O)COc2ccccc2)C1. The predicted molar refractivity (Wildman–Crippen MR) is 73.5 cm³/mol. The van der Waals surface area contributed by atoms with Gasteiger partial charge >= 0.3 is 5.97 Å². The molecule has 1 aliphatic rings. The molecule has 1 unspecified atom stereocenters. The zero-order valence-electron chi connectivity index (χ0n) is 11.5. The lowest BCUT2D eigenvalue weighted by atomic mass is 9.82. The van der Waals surface area contributed by atoms with Crippen LogP contribution in [0.1, 0.15) is 19.8 Å². The first-order valence-electron chi connectivity index (χ1n) is 6.70. The number of carbonyl (C=O) groups is 2. The van der Waals surface area contributed by atoms with Crippen LogP contribution in [0.25, 0.3) is 0 Å². The Bertz CT molecular complexity index is 488. The number of nitrogens with zero attached hydrogens (tertiary/aromatic N) is 1. The number of rotatable bonds is 4. The number of likely N-dealkylation sites (tertiary alicyclic amines) is 1. The van der Waals surface area contributed by atoms with Gasteiger partial charge in [-0.2, -0.15) is 0 Å². The molecular formula is C15H19NO4. The molecule has 108 valence electrons. The van der Waals surface area contributed by atoms with Crippen molar-refractivity contribution in [2.24, 2.45) is 5.41 Å². The molecule has 1 aromatic carbocycles. The standard InChI is InChI=1S/C15H19NO4/c1-15(14(18)19)8-5-9-16(11-15)13(17)10-20-12-6-3-2-4-7-12/h2-4,6-7H,5,8-11H2,1H3,(H,18,19). The van der Waals surface area contributed by atoms with E-state index in [1.165, 1.54) is 0 Å². The maximum atomic E-state index is 12.1. The van der Waals surface area contributed by atoms with Crippen LogP contribution in [-0.2, 0) is 9.59 Å². The Morgan fingerprint density at radius 2 is 2.05 bits per heavy atom. The summed E-state index contributed by atoms with van der Waals surface area (Å²) in [5.74, 6) is -0.376. The molecule has 0 bridgehead atoms. The van der Waals surface area contributed by atoms with Gasteiger partial charge in [0.2, 0.25) is 0 Å². The van der Waals surface area contributed by atoms with Crippen LogP contribution in [0.4, 0.5) is 0 Å². The maximum Gasteiger partial charge on any atom is 0.311 e. The second kappa shape index (κ2) is 5.94. The number of carboxylic acid groups (broad SMARTS) is 1. The topological polar surface area (TPSA) is 66.8 Å². The first-order chi connectivity index (χ1) is 9.51. The highest BCUT2D eigenvalue weighted by molar-refractivity contribution is 5.80.